The maximum absolute atomic E-state index is 2.41. The Labute approximate surface area is 119 Å². The van der Waals surface area contributed by atoms with Gasteiger partial charge >= 0.3 is 0 Å². The predicted molar refractivity (Wildman–Crippen MR) is 85.4 cm³/mol. The van der Waals surface area contributed by atoms with Gasteiger partial charge in [-0.25, -0.2) is 0 Å². The first-order valence-corrected chi connectivity index (χ1v) is 7.21. The lowest BCUT2D eigenvalue weighted by molar-refractivity contribution is 0.964. The highest BCUT2D eigenvalue weighted by Crippen LogP contribution is 2.34. The Morgan fingerprint density at radius 2 is 1.75 bits per heavy atom. The average Bonchev–Trinajstić information content (AvgIpc) is 2.83. The van der Waals surface area contributed by atoms with E-state index in [1.807, 2.05) is 0 Å². The summed E-state index contributed by atoms with van der Waals surface area (Å²) in [4.78, 5) is 0. The number of hydrogen-bond acceptors (Lipinski definition) is 0. The van der Waals surface area contributed by atoms with E-state index in [-0.39, 0.29) is 0 Å². The first-order valence-electron chi connectivity index (χ1n) is 7.21. The van der Waals surface area contributed by atoms with Crippen LogP contribution in [0.25, 0.3) is 22.7 Å². The summed E-state index contributed by atoms with van der Waals surface area (Å²) in [7, 11) is 0. The van der Waals surface area contributed by atoms with E-state index in [9.17, 15) is 0 Å². The minimum absolute atomic E-state index is 1.14. The molecule has 4 rings (SSSR count). The summed E-state index contributed by atoms with van der Waals surface area (Å²) in [6.45, 7) is 2.18. The highest BCUT2D eigenvalue weighted by atomic mass is 15.0. The summed E-state index contributed by atoms with van der Waals surface area (Å²) >= 11 is 0. The number of allylic oxidation sites excluding steroid dienone is 1. The molecule has 3 aromatic rings. The van der Waals surface area contributed by atoms with Crippen molar-refractivity contribution in [2.24, 2.45) is 0 Å². The molecule has 1 aliphatic carbocycles. The van der Waals surface area contributed by atoms with Crippen molar-refractivity contribution in [1.29, 1.82) is 0 Å². The molecule has 0 atom stereocenters. The number of benzene rings is 2. The third-order valence-corrected chi connectivity index (χ3v) is 4.21. The lowest BCUT2D eigenvalue weighted by atomic mass is 10.0. The van der Waals surface area contributed by atoms with Crippen molar-refractivity contribution >= 4 is 17.0 Å². The van der Waals surface area contributed by atoms with Crippen molar-refractivity contribution in [1.82, 2.24) is 4.57 Å². The van der Waals surface area contributed by atoms with Crippen LogP contribution in [0, 0.1) is 6.92 Å². The Morgan fingerprint density at radius 3 is 2.65 bits per heavy atom. The Kier molecular flexibility index (Phi) is 2.53. The lowest BCUT2D eigenvalue weighted by Crippen LogP contribution is -2.01. The van der Waals surface area contributed by atoms with Gasteiger partial charge in [-0.05, 0) is 49.1 Å². The van der Waals surface area contributed by atoms with Gasteiger partial charge in [-0.15, -0.1) is 0 Å². The van der Waals surface area contributed by atoms with Gasteiger partial charge in [0.15, 0.2) is 0 Å². The Balaban J connectivity index is 2.15. The number of hydrogen-bond donors (Lipinski definition) is 0. The maximum Gasteiger partial charge on any atom is 0.0537 e. The number of aryl methyl sites for hydroxylation is 2. The van der Waals surface area contributed by atoms with E-state index in [1.54, 1.807) is 0 Å². The largest absolute Gasteiger partial charge is 0.309 e. The van der Waals surface area contributed by atoms with Crippen molar-refractivity contribution in [3.8, 4) is 5.69 Å². The van der Waals surface area contributed by atoms with Gasteiger partial charge in [-0.1, -0.05) is 42.5 Å². The molecule has 1 nitrogen and oxygen atoms in total. The summed E-state index contributed by atoms with van der Waals surface area (Å²) in [5, 5.41) is 1.40. The molecule has 0 radical (unpaired) electrons. The molecule has 0 N–H and O–H groups in total. The van der Waals surface area contributed by atoms with E-state index in [2.05, 4.69) is 72.2 Å². The molecular formula is C19H17N. The predicted octanol–water partition coefficient (Wildman–Crippen LogP) is 4.90. The van der Waals surface area contributed by atoms with Crippen LogP contribution < -0.4 is 0 Å². The first-order chi connectivity index (χ1) is 9.86. The molecule has 0 fully saturated rings. The minimum atomic E-state index is 1.14. The van der Waals surface area contributed by atoms with Gasteiger partial charge in [0, 0.05) is 16.8 Å². The lowest BCUT2D eigenvalue weighted by Gasteiger charge is -2.14. The van der Waals surface area contributed by atoms with Crippen molar-refractivity contribution in [3.05, 3.63) is 71.4 Å². The molecule has 0 amide bonds. The molecule has 1 heteroatoms. The number of fused-ring (bicyclic) bond motifs is 3. The summed E-state index contributed by atoms with van der Waals surface area (Å²) in [5.74, 6) is 0. The summed E-state index contributed by atoms with van der Waals surface area (Å²) in [5.41, 5.74) is 6.77. The standard InChI is InChI=1S/C19H17N/c1-14-8-2-5-11-17(14)20-18-12-6-3-9-15(18)16-10-4-7-13-19(16)20/h2-3,5-9,11-13H,4,10H2,1H3. The molecule has 1 aromatic heterocycles. The number of para-hydroxylation sites is 2. The molecule has 98 valence electrons. The Morgan fingerprint density at radius 1 is 0.950 bits per heavy atom. The van der Waals surface area contributed by atoms with Crippen LogP contribution in [0.4, 0.5) is 0 Å². The summed E-state index contributed by atoms with van der Waals surface area (Å²) in [6, 6.07) is 17.4. The van der Waals surface area contributed by atoms with Gasteiger partial charge < -0.3 is 4.57 Å². The minimum Gasteiger partial charge on any atom is -0.309 e. The van der Waals surface area contributed by atoms with E-state index in [1.165, 1.54) is 33.4 Å². The van der Waals surface area contributed by atoms with Gasteiger partial charge in [0.2, 0.25) is 0 Å². The molecular weight excluding hydrogens is 242 g/mol. The zero-order valence-corrected chi connectivity index (χ0v) is 11.6. The van der Waals surface area contributed by atoms with Crippen LogP contribution in [0.3, 0.4) is 0 Å². The zero-order chi connectivity index (χ0) is 13.5. The molecule has 1 aliphatic rings. The van der Waals surface area contributed by atoms with Crippen molar-refractivity contribution in [2.75, 3.05) is 0 Å². The summed E-state index contributed by atoms with van der Waals surface area (Å²) in [6.07, 6.45) is 6.86. The average molecular weight is 259 g/mol. The number of rotatable bonds is 1. The van der Waals surface area contributed by atoms with Crippen LogP contribution in [0.2, 0.25) is 0 Å². The highest BCUT2D eigenvalue weighted by molar-refractivity contribution is 5.90. The third-order valence-electron chi connectivity index (χ3n) is 4.21. The van der Waals surface area contributed by atoms with E-state index in [4.69, 9.17) is 0 Å². The smallest absolute Gasteiger partial charge is 0.0537 e. The number of aromatic nitrogens is 1. The zero-order valence-electron chi connectivity index (χ0n) is 11.6. The molecule has 1 heterocycles. The van der Waals surface area contributed by atoms with E-state index in [0.29, 0.717) is 0 Å². The molecule has 0 saturated heterocycles. The fourth-order valence-electron chi connectivity index (χ4n) is 3.26. The van der Waals surface area contributed by atoms with Gasteiger partial charge in [0.25, 0.3) is 0 Å². The maximum atomic E-state index is 2.41. The normalized spacial score (nSPS) is 13.7. The monoisotopic (exact) mass is 259 g/mol. The molecule has 2 aromatic carbocycles. The van der Waals surface area contributed by atoms with Crippen LogP contribution in [0.5, 0.6) is 0 Å². The molecule has 0 unspecified atom stereocenters. The Bertz CT molecular complexity index is 821. The topological polar surface area (TPSA) is 4.93 Å². The highest BCUT2D eigenvalue weighted by Gasteiger charge is 2.18. The van der Waals surface area contributed by atoms with Crippen LogP contribution in [0.1, 0.15) is 23.2 Å². The van der Waals surface area contributed by atoms with E-state index in [0.717, 1.165) is 12.8 Å². The van der Waals surface area contributed by atoms with Gasteiger partial charge in [0.1, 0.15) is 0 Å². The number of nitrogens with zero attached hydrogens (tertiary/aromatic N) is 1. The molecule has 0 bridgehead atoms. The quantitative estimate of drug-likeness (QED) is 0.586. The first kappa shape index (κ1) is 11.5. The van der Waals surface area contributed by atoms with Crippen LogP contribution in [-0.2, 0) is 6.42 Å². The second kappa shape index (κ2) is 4.38. The van der Waals surface area contributed by atoms with E-state index >= 15 is 0 Å². The van der Waals surface area contributed by atoms with Gasteiger partial charge in [-0.3, -0.25) is 0 Å². The molecule has 20 heavy (non-hydrogen) atoms. The third kappa shape index (κ3) is 1.56. The fourth-order valence-corrected chi connectivity index (χ4v) is 3.26. The van der Waals surface area contributed by atoms with Crippen molar-refractivity contribution in [3.63, 3.8) is 0 Å². The van der Waals surface area contributed by atoms with Crippen LogP contribution >= 0.6 is 0 Å². The SMILES string of the molecule is Cc1ccccc1-n1c2c(c3ccccc31)CCC=C2. The van der Waals surface area contributed by atoms with Crippen molar-refractivity contribution < 1.29 is 0 Å². The molecule has 0 spiro atoms. The van der Waals surface area contributed by atoms with Crippen LogP contribution in [-0.4, -0.2) is 4.57 Å². The summed E-state index contributed by atoms with van der Waals surface area (Å²) < 4.78 is 2.41. The second-order valence-electron chi connectivity index (χ2n) is 5.44. The van der Waals surface area contributed by atoms with Crippen LogP contribution in [0.15, 0.2) is 54.6 Å². The van der Waals surface area contributed by atoms with Crippen molar-refractivity contribution in [2.45, 2.75) is 19.8 Å². The van der Waals surface area contributed by atoms with Gasteiger partial charge in [0.05, 0.1) is 5.52 Å². The van der Waals surface area contributed by atoms with Gasteiger partial charge in [-0.2, -0.15) is 0 Å². The Hall–Kier alpha value is -2.28. The second-order valence-corrected chi connectivity index (χ2v) is 5.44. The molecule has 0 saturated carbocycles. The fraction of sp³-hybridized carbons (Fsp3) is 0.158. The molecule has 0 aliphatic heterocycles. The van der Waals surface area contributed by atoms with E-state index < -0.39 is 0 Å².